The standard InChI is InChI=1S/C54H28O2/c1-7-29-8-2-12-38-45-28-43-31(27-44(45)37(11-1)48(29)38)19-20-39-32(43)21-22-42-50(35-13-5-17-46-33(35)23-25-55-46)53-40-15-3-9-30-10-4-16-41(49(30)40)54(53)52(51(39)42)36-14-6-18-47-34(36)24-26-56-47/h1-28H. The van der Waals surface area contributed by atoms with E-state index in [1.807, 2.05) is 12.5 Å². The zero-order valence-electron chi connectivity index (χ0n) is 30.0. The van der Waals surface area contributed by atoms with Gasteiger partial charge in [0.1, 0.15) is 11.2 Å². The van der Waals surface area contributed by atoms with E-state index in [-0.39, 0.29) is 0 Å². The molecule has 0 fully saturated rings. The molecular weight excluding hydrogens is 681 g/mol. The van der Waals surface area contributed by atoms with Gasteiger partial charge in [0.05, 0.1) is 12.5 Å². The minimum atomic E-state index is 0.889. The maximum atomic E-state index is 6.09. The van der Waals surface area contributed by atoms with Gasteiger partial charge < -0.3 is 8.83 Å². The highest BCUT2D eigenvalue weighted by atomic mass is 16.3. The smallest absolute Gasteiger partial charge is 0.134 e. The molecule has 2 heterocycles. The Bertz CT molecular complexity index is 3750. The molecule has 0 saturated heterocycles. The Morgan fingerprint density at radius 1 is 0.250 bits per heavy atom. The van der Waals surface area contributed by atoms with Crippen LogP contribution in [0.15, 0.2) is 179 Å². The van der Waals surface area contributed by atoms with E-state index in [1.54, 1.807) is 0 Å². The van der Waals surface area contributed by atoms with E-state index >= 15 is 0 Å². The van der Waals surface area contributed by atoms with Gasteiger partial charge in [0.2, 0.25) is 0 Å². The Morgan fingerprint density at radius 2 is 0.750 bits per heavy atom. The van der Waals surface area contributed by atoms with Gasteiger partial charge in [-0.2, -0.15) is 0 Å². The monoisotopic (exact) mass is 708 g/mol. The van der Waals surface area contributed by atoms with Gasteiger partial charge in [-0.1, -0.05) is 121 Å². The van der Waals surface area contributed by atoms with Crippen LogP contribution in [0.25, 0.3) is 143 Å². The van der Waals surface area contributed by atoms with E-state index < -0.39 is 0 Å². The highest BCUT2D eigenvalue weighted by Crippen LogP contribution is 2.60. The highest BCUT2D eigenvalue weighted by Gasteiger charge is 2.33. The van der Waals surface area contributed by atoms with Crippen LogP contribution in [-0.2, 0) is 0 Å². The summed E-state index contributed by atoms with van der Waals surface area (Å²) in [6.45, 7) is 0. The molecule has 0 amide bonds. The average molecular weight is 709 g/mol. The lowest BCUT2D eigenvalue weighted by Gasteiger charge is -2.23. The summed E-state index contributed by atoms with van der Waals surface area (Å²) in [6.07, 6.45) is 3.64. The average Bonchev–Trinajstić information content (AvgIpc) is 4.06. The molecule has 10 aromatic carbocycles. The maximum Gasteiger partial charge on any atom is 0.134 e. The number of hydrogen-bond acceptors (Lipinski definition) is 2. The van der Waals surface area contributed by atoms with Crippen LogP contribution < -0.4 is 0 Å². The largest absolute Gasteiger partial charge is 0.464 e. The molecule has 2 heteroatoms. The van der Waals surface area contributed by atoms with Crippen LogP contribution in [0.3, 0.4) is 0 Å². The Labute approximate surface area is 320 Å². The first-order valence-electron chi connectivity index (χ1n) is 19.3. The lowest BCUT2D eigenvalue weighted by molar-refractivity contribution is 0.615. The SMILES string of the molecule is c1cc2c3c(cccc3c1)-c1cc3c(ccc4c3ccc3c(-c5cccc6occc56)c5c(c(-c6cccc7occc67)c34)-c3cccc4cccc-5c34)cc1-2. The van der Waals surface area contributed by atoms with Crippen molar-refractivity contribution in [2.75, 3.05) is 0 Å². The van der Waals surface area contributed by atoms with Crippen LogP contribution in [0.4, 0.5) is 0 Å². The molecule has 0 aliphatic heterocycles. The van der Waals surface area contributed by atoms with Crippen molar-refractivity contribution in [3.05, 3.63) is 170 Å². The fraction of sp³-hybridized carbons (Fsp3) is 0. The quantitative estimate of drug-likeness (QED) is 0.167. The zero-order valence-corrected chi connectivity index (χ0v) is 30.0. The number of benzene rings is 10. The summed E-state index contributed by atoms with van der Waals surface area (Å²) in [4.78, 5) is 0. The number of fused-ring (bicyclic) bond motifs is 13. The predicted octanol–water partition coefficient (Wildman–Crippen LogP) is 15.6. The molecule has 2 nitrogen and oxygen atoms in total. The topological polar surface area (TPSA) is 26.3 Å². The van der Waals surface area contributed by atoms with Crippen LogP contribution in [0.1, 0.15) is 0 Å². The van der Waals surface area contributed by atoms with Gasteiger partial charge in [0.15, 0.2) is 0 Å². The molecular formula is C54H28O2. The maximum absolute atomic E-state index is 6.09. The molecule has 2 aliphatic rings. The summed E-state index contributed by atoms with van der Waals surface area (Å²) < 4.78 is 12.1. The van der Waals surface area contributed by atoms with E-state index in [4.69, 9.17) is 8.83 Å². The molecule has 14 rings (SSSR count). The van der Waals surface area contributed by atoms with E-state index in [9.17, 15) is 0 Å². The summed E-state index contributed by atoms with van der Waals surface area (Å²) in [6, 6.07) is 58.6. The third kappa shape index (κ3) is 3.49. The Balaban J connectivity index is 1.21. The Hall–Kier alpha value is -7.42. The van der Waals surface area contributed by atoms with Gasteiger partial charge in [-0.05, 0) is 157 Å². The molecule has 0 radical (unpaired) electrons. The van der Waals surface area contributed by atoms with Crippen molar-refractivity contribution < 1.29 is 8.83 Å². The summed E-state index contributed by atoms with van der Waals surface area (Å²) in [7, 11) is 0. The van der Waals surface area contributed by atoms with Crippen LogP contribution >= 0.6 is 0 Å². The third-order valence-corrected chi connectivity index (χ3v) is 12.9. The predicted molar refractivity (Wildman–Crippen MR) is 233 cm³/mol. The zero-order chi connectivity index (χ0) is 36.2. The molecule has 2 aromatic heterocycles. The van der Waals surface area contributed by atoms with Crippen molar-refractivity contribution in [2.24, 2.45) is 0 Å². The van der Waals surface area contributed by atoms with Gasteiger partial charge in [-0.25, -0.2) is 0 Å². The second-order valence-electron chi connectivity index (χ2n) is 15.5. The molecule has 0 atom stereocenters. The minimum absolute atomic E-state index is 0.889. The molecule has 0 unspecified atom stereocenters. The second kappa shape index (κ2) is 10.2. The van der Waals surface area contributed by atoms with Gasteiger partial charge in [0.25, 0.3) is 0 Å². The van der Waals surface area contributed by atoms with Crippen LogP contribution in [0.5, 0.6) is 0 Å². The Kier molecular flexibility index (Phi) is 5.28. The number of hydrogen-bond donors (Lipinski definition) is 0. The fourth-order valence-corrected chi connectivity index (χ4v) is 10.7. The number of furan rings is 2. The minimum Gasteiger partial charge on any atom is -0.464 e. The first-order valence-corrected chi connectivity index (χ1v) is 19.3. The third-order valence-electron chi connectivity index (χ3n) is 12.9. The highest BCUT2D eigenvalue weighted by molar-refractivity contribution is 6.34. The summed E-state index contributed by atoms with van der Waals surface area (Å²) in [5, 5.41) is 14.9. The van der Waals surface area contributed by atoms with Crippen molar-refractivity contribution in [1.82, 2.24) is 0 Å². The normalized spacial score (nSPS) is 12.6. The van der Waals surface area contributed by atoms with E-state index in [0.29, 0.717) is 0 Å². The Morgan fingerprint density at radius 3 is 1.41 bits per heavy atom. The van der Waals surface area contributed by atoms with Crippen molar-refractivity contribution >= 4 is 75.8 Å². The fourth-order valence-electron chi connectivity index (χ4n) is 10.7. The van der Waals surface area contributed by atoms with E-state index in [2.05, 4.69) is 158 Å². The first kappa shape index (κ1) is 29.0. The summed E-state index contributed by atoms with van der Waals surface area (Å²) >= 11 is 0. The summed E-state index contributed by atoms with van der Waals surface area (Å²) in [5.41, 5.74) is 17.0. The molecule has 0 bridgehead atoms. The van der Waals surface area contributed by atoms with Crippen molar-refractivity contribution in [3.63, 3.8) is 0 Å². The van der Waals surface area contributed by atoms with Gasteiger partial charge >= 0.3 is 0 Å². The van der Waals surface area contributed by atoms with Crippen molar-refractivity contribution in [1.29, 1.82) is 0 Å². The number of rotatable bonds is 2. The first-order chi connectivity index (χ1) is 27.8. The summed E-state index contributed by atoms with van der Waals surface area (Å²) in [5.74, 6) is 0. The van der Waals surface area contributed by atoms with Crippen LogP contribution in [-0.4, -0.2) is 0 Å². The lowest BCUT2D eigenvalue weighted by Crippen LogP contribution is -1.95. The lowest BCUT2D eigenvalue weighted by atomic mass is 9.79. The second-order valence-corrected chi connectivity index (χ2v) is 15.5. The molecule has 0 saturated carbocycles. The van der Waals surface area contributed by atoms with E-state index in [0.717, 1.165) is 21.9 Å². The van der Waals surface area contributed by atoms with E-state index in [1.165, 1.54) is 121 Å². The molecule has 256 valence electrons. The molecule has 56 heavy (non-hydrogen) atoms. The molecule has 0 spiro atoms. The van der Waals surface area contributed by atoms with Crippen LogP contribution in [0, 0.1) is 0 Å². The van der Waals surface area contributed by atoms with Gasteiger partial charge in [-0.15, -0.1) is 0 Å². The van der Waals surface area contributed by atoms with Gasteiger partial charge in [-0.3, -0.25) is 0 Å². The molecule has 0 N–H and O–H groups in total. The van der Waals surface area contributed by atoms with Crippen molar-refractivity contribution in [2.45, 2.75) is 0 Å². The van der Waals surface area contributed by atoms with Crippen molar-refractivity contribution in [3.8, 4) is 66.8 Å². The molecule has 12 aromatic rings. The van der Waals surface area contributed by atoms with Gasteiger partial charge in [0, 0.05) is 10.8 Å². The molecule has 2 aliphatic carbocycles. The van der Waals surface area contributed by atoms with Crippen LogP contribution in [0.2, 0.25) is 0 Å².